The van der Waals surface area contributed by atoms with E-state index < -0.39 is 11.1 Å². The monoisotopic (exact) mass is 226 g/mol. The summed E-state index contributed by atoms with van der Waals surface area (Å²) in [5.41, 5.74) is -1.95. The highest BCUT2D eigenvalue weighted by Crippen LogP contribution is 2.59. The van der Waals surface area contributed by atoms with Gasteiger partial charge >= 0.3 is 0 Å². The summed E-state index contributed by atoms with van der Waals surface area (Å²) in [6, 6.07) is 0. The number of nitro groups is 2. The van der Waals surface area contributed by atoms with Gasteiger partial charge in [0.1, 0.15) is 0 Å². The van der Waals surface area contributed by atoms with Gasteiger partial charge in [-0.3, -0.25) is 20.2 Å². The van der Waals surface area contributed by atoms with Crippen LogP contribution in [0.25, 0.3) is 0 Å². The maximum atomic E-state index is 11.2. The van der Waals surface area contributed by atoms with Crippen molar-refractivity contribution in [1.29, 1.82) is 0 Å². The number of nitrogens with zero attached hydrogens (tertiary/aromatic N) is 2. The molecule has 4 rings (SSSR count). The molecular weight excluding hydrogens is 212 g/mol. The number of hydrogen-bond donors (Lipinski definition) is 0. The van der Waals surface area contributed by atoms with E-state index in [1.807, 2.05) is 0 Å². The van der Waals surface area contributed by atoms with Gasteiger partial charge in [0.25, 0.3) is 0 Å². The molecule has 0 aromatic heterocycles. The van der Waals surface area contributed by atoms with Gasteiger partial charge < -0.3 is 0 Å². The van der Waals surface area contributed by atoms with Crippen LogP contribution in [0, 0.1) is 32.1 Å². The first-order valence-electron chi connectivity index (χ1n) is 5.75. The first-order valence-corrected chi connectivity index (χ1v) is 5.75. The van der Waals surface area contributed by atoms with Gasteiger partial charge in [0, 0.05) is 35.5 Å². The second kappa shape index (κ2) is 2.73. The van der Waals surface area contributed by atoms with Crippen LogP contribution in [0.15, 0.2) is 0 Å². The van der Waals surface area contributed by atoms with E-state index in [1.54, 1.807) is 0 Å². The van der Waals surface area contributed by atoms with Crippen LogP contribution < -0.4 is 0 Å². The van der Waals surface area contributed by atoms with Crippen molar-refractivity contribution in [1.82, 2.24) is 0 Å². The standard InChI is InChI=1S/C10H14N2O4/c13-11(14)9-2-7-1-8(4-9)5-10(3-7,6-9)12(15)16/h7-8H,1-6H2. The van der Waals surface area contributed by atoms with Crippen LogP contribution in [0.5, 0.6) is 0 Å². The largest absolute Gasteiger partial charge is 0.264 e. The predicted octanol–water partition coefficient (Wildman–Crippen LogP) is 1.63. The molecule has 0 aliphatic heterocycles. The molecule has 0 saturated heterocycles. The Balaban J connectivity index is 2.03. The Morgan fingerprint density at radius 3 is 1.56 bits per heavy atom. The van der Waals surface area contributed by atoms with Crippen LogP contribution in [0.3, 0.4) is 0 Å². The van der Waals surface area contributed by atoms with Gasteiger partial charge in [0.15, 0.2) is 0 Å². The second-order valence-electron chi connectivity index (χ2n) is 5.92. The first-order chi connectivity index (χ1) is 7.46. The van der Waals surface area contributed by atoms with Gasteiger partial charge in [-0.1, -0.05) is 0 Å². The second-order valence-corrected chi connectivity index (χ2v) is 5.92. The Labute approximate surface area is 92.3 Å². The molecule has 0 N–H and O–H groups in total. The van der Waals surface area contributed by atoms with E-state index in [0.717, 1.165) is 6.42 Å². The molecule has 0 aromatic rings. The molecule has 0 amide bonds. The molecule has 4 aliphatic carbocycles. The molecule has 4 fully saturated rings. The Morgan fingerprint density at radius 1 is 0.875 bits per heavy atom. The zero-order valence-electron chi connectivity index (χ0n) is 8.92. The van der Waals surface area contributed by atoms with E-state index in [2.05, 4.69) is 0 Å². The molecule has 0 spiro atoms. The number of hydrogen-bond acceptors (Lipinski definition) is 4. The third-order valence-electron chi connectivity index (χ3n) is 4.77. The molecule has 4 aliphatic rings. The van der Waals surface area contributed by atoms with Crippen molar-refractivity contribution in [2.24, 2.45) is 11.8 Å². The molecule has 0 aromatic carbocycles. The van der Waals surface area contributed by atoms with E-state index in [0.29, 0.717) is 25.7 Å². The highest BCUT2D eigenvalue weighted by Gasteiger charge is 2.69. The molecule has 0 radical (unpaired) electrons. The Bertz CT molecular complexity index is 335. The predicted molar refractivity (Wildman–Crippen MR) is 54.1 cm³/mol. The maximum Gasteiger partial charge on any atom is 0.229 e. The first kappa shape index (κ1) is 9.99. The summed E-state index contributed by atoms with van der Waals surface area (Å²) in [6.07, 6.45) is 3.37. The summed E-state index contributed by atoms with van der Waals surface area (Å²) < 4.78 is 0. The van der Waals surface area contributed by atoms with Crippen LogP contribution in [0.4, 0.5) is 0 Å². The lowest BCUT2D eigenvalue weighted by Crippen LogP contribution is -2.64. The van der Waals surface area contributed by atoms with Crippen LogP contribution >= 0.6 is 0 Å². The maximum absolute atomic E-state index is 11.2. The van der Waals surface area contributed by atoms with Crippen LogP contribution in [-0.4, -0.2) is 20.9 Å². The Hall–Kier alpha value is -1.20. The summed E-state index contributed by atoms with van der Waals surface area (Å²) in [5.74, 6) is 0.411. The molecule has 6 nitrogen and oxygen atoms in total. The van der Waals surface area contributed by atoms with Gasteiger partial charge in [-0.05, 0) is 18.3 Å². The Kier molecular flexibility index (Phi) is 1.70. The van der Waals surface area contributed by atoms with Crippen molar-refractivity contribution in [2.45, 2.75) is 49.6 Å². The van der Waals surface area contributed by atoms with Gasteiger partial charge in [0.05, 0.1) is 6.42 Å². The molecule has 0 atom stereocenters. The minimum atomic E-state index is -0.975. The van der Waals surface area contributed by atoms with E-state index >= 15 is 0 Å². The molecule has 88 valence electrons. The summed E-state index contributed by atoms with van der Waals surface area (Å²) >= 11 is 0. The molecular formula is C10H14N2O4. The lowest BCUT2D eigenvalue weighted by atomic mass is 9.50. The molecule has 4 bridgehead atoms. The van der Waals surface area contributed by atoms with Crippen molar-refractivity contribution >= 4 is 0 Å². The fourth-order valence-corrected chi connectivity index (χ4v) is 4.59. The third kappa shape index (κ3) is 1.07. The average Bonchev–Trinajstić information content (AvgIpc) is 2.14. The summed E-state index contributed by atoms with van der Waals surface area (Å²) in [7, 11) is 0. The molecule has 0 heterocycles. The number of rotatable bonds is 2. The van der Waals surface area contributed by atoms with E-state index in [4.69, 9.17) is 0 Å². The van der Waals surface area contributed by atoms with Crippen molar-refractivity contribution in [3.63, 3.8) is 0 Å². The van der Waals surface area contributed by atoms with Crippen molar-refractivity contribution < 1.29 is 9.85 Å². The van der Waals surface area contributed by atoms with Crippen molar-refractivity contribution in [3.8, 4) is 0 Å². The highest BCUT2D eigenvalue weighted by atomic mass is 16.6. The highest BCUT2D eigenvalue weighted by molar-refractivity contribution is 5.09. The lowest BCUT2D eigenvalue weighted by molar-refractivity contribution is -0.644. The minimum Gasteiger partial charge on any atom is -0.264 e. The smallest absolute Gasteiger partial charge is 0.229 e. The topological polar surface area (TPSA) is 86.3 Å². The van der Waals surface area contributed by atoms with Gasteiger partial charge in [-0.15, -0.1) is 0 Å². The summed E-state index contributed by atoms with van der Waals surface area (Å²) in [5, 5.41) is 22.4. The molecule has 16 heavy (non-hydrogen) atoms. The molecule has 6 heteroatoms. The lowest BCUT2D eigenvalue weighted by Gasteiger charge is -2.53. The summed E-state index contributed by atoms with van der Waals surface area (Å²) in [4.78, 5) is 21.9. The fourth-order valence-electron chi connectivity index (χ4n) is 4.59. The quantitative estimate of drug-likeness (QED) is 0.529. The van der Waals surface area contributed by atoms with Crippen LogP contribution in [0.2, 0.25) is 0 Å². The van der Waals surface area contributed by atoms with Crippen LogP contribution in [-0.2, 0) is 0 Å². The molecule has 0 unspecified atom stereocenters. The minimum absolute atomic E-state index is 0.160. The van der Waals surface area contributed by atoms with Gasteiger partial charge in [0.2, 0.25) is 11.1 Å². The van der Waals surface area contributed by atoms with Crippen molar-refractivity contribution in [2.75, 3.05) is 0 Å². The van der Waals surface area contributed by atoms with Crippen LogP contribution in [0.1, 0.15) is 38.5 Å². The zero-order valence-corrected chi connectivity index (χ0v) is 8.92. The Morgan fingerprint density at radius 2 is 1.25 bits per heavy atom. The van der Waals surface area contributed by atoms with E-state index in [-0.39, 0.29) is 28.1 Å². The zero-order chi connectivity index (χ0) is 11.6. The average molecular weight is 226 g/mol. The fraction of sp³-hybridized carbons (Fsp3) is 1.00. The van der Waals surface area contributed by atoms with E-state index in [9.17, 15) is 20.2 Å². The normalized spacial score (nSPS) is 49.2. The summed E-state index contributed by atoms with van der Waals surface area (Å²) in [6.45, 7) is 0. The molecule has 4 saturated carbocycles. The SMILES string of the molecule is O=[N+]([O-])C12CC3CC(C1)CC([N+](=O)[O-])(C3)C2. The third-order valence-corrected chi connectivity index (χ3v) is 4.77. The van der Waals surface area contributed by atoms with Gasteiger partial charge in [-0.25, -0.2) is 0 Å². The van der Waals surface area contributed by atoms with Crippen molar-refractivity contribution in [3.05, 3.63) is 20.2 Å². The van der Waals surface area contributed by atoms with E-state index in [1.165, 1.54) is 0 Å². The van der Waals surface area contributed by atoms with Gasteiger partial charge in [-0.2, -0.15) is 0 Å².